The van der Waals surface area contributed by atoms with Gasteiger partial charge in [-0.25, -0.2) is 0 Å². The molecule has 1 aromatic heterocycles. The van der Waals surface area contributed by atoms with Crippen LogP contribution in [0.3, 0.4) is 0 Å². The lowest BCUT2D eigenvalue weighted by atomic mass is 9.90. The number of hydrogen-bond donors (Lipinski definition) is 1. The third-order valence-corrected chi connectivity index (χ3v) is 4.52. The minimum Gasteiger partial charge on any atom is -0.480 e. The second-order valence-electron chi connectivity index (χ2n) is 4.82. The fourth-order valence-electron chi connectivity index (χ4n) is 2.56. The van der Waals surface area contributed by atoms with Gasteiger partial charge in [-0.2, -0.15) is 0 Å². The number of nitrogens with zero attached hydrogens (tertiary/aromatic N) is 1. The molecule has 2 aromatic rings. The van der Waals surface area contributed by atoms with Crippen LogP contribution in [0.2, 0.25) is 0 Å². The molecule has 1 aliphatic heterocycles. The van der Waals surface area contributed by atoms with E-state index in [2.05, 4.69) is 12.1 Å². The summed E-state index contributed by atoms with van der Waals surface area (Å²) in [5.74, 6) is -0.294. The fraction of sp³-hybridized carbons (Fsp3) is 0.267. The van der Waals surface area contributed by atoms with Crippen LogP contribution in [-0.4, -0.2) is 29.1 Å². The Morgan fingerprint density at radius 1 is 1.21 bits per heavy atom. The van der Waals surface area contributed by atoms with Gasteiger partial charge in [0.25, 0.3) is 0 Å². The van der Waals surface area contributed by atoms with E-state index in [-0.39, 0.29) is 0 Å². The van der Waals surface area contributed by atoms with Gasteiger partial charge in [0.05, 0.1) is 0 Å². The van der Waals surface area contributed by atoms with Gasteiger partial charge in [0.2, 0.25) is 0 Å². The van der Waals surface area contributed by atoms with Gasteiger partial charge in [-0.3, -0.25) is 9.69 Å². The first kappa shape index (κ1) is 12.4. The first-order valence-electron chi connectivity index (χ1n) is 6.31. The second-order valence-corrected chi connectivity index (χ2v) is 5.80. The minimum absolute atomic E-state index is 0.461. The molecule has 3 rings (SSSR count). The molecule has 1 saturated heterocycles. The van der Waals surface area contributed by atoms with Gasteiger partial charge in [-0.1, -0.05) is 36.4 Å². The van der Waals surface area contributed by atoms with Crippen LogP contribution in [0.5, 0.6) is 0 Å². The van der Waals surface area contributed by atoms with E-state index in [4.69, 9.17) is 0 Å². The fourth-order valence-corrected chi connectivity index (χ4v) is 3.41. The predicted octanol–water partition coefficient (Wildman–Crippen LogP) is 2.97. The standard InChI is InChI=1S/C15H15NO2S/c17-15(18)14(13-7-4-8-19-13)16-9-12(10-16)11-5-2-1-3-6-11/h1-8,12,14H,9-10H2,(H,17,18). The molecule has 3 nitrogen and oxygen atoms in total. The molecule has 1 unspecified atom stereocenters. The summed E-state index contributed by atoms with van der Waals surface area (Å²) in [6.07, 6.45) is 0. The molecule has 0 radical (unpaired) electrons. The summed E-state index contributed by atoms with van der Waals surface area (Å²) < 4.78 is 0. The maximum Gasteiger partial charge on any atom is 0.326 e. The summed E-state index contributed by atoms with van der Waals surface area (Å²) >= 11 is 1.51. The Morgan fingerprint density at radius 3 is 2.53 bits per heavy atom. The highest BCUT2D eigenvalue weighted by atomic mass is 32.1. The lowest BCUT2D eigenvalue weighted by Gasteiger charge is -2.42. The molecule has 1 aromatic carbocycles. The molecule has 1 aliphatic rings. The molecule has 0 aliphatic carbocycles. The SMILES string of the molecule is O=C(O)C(c1cccs1)N1CC(c2ccccc2)C1. The van der Waals surface area contributed by atoms with E-state index in [0.29, 0.717) is 5.92 Å². The Labute approximate surface area is 116 Å². The van der Waals surface area contributed by atoms with E-state index in [1.54, 1.807) is 0 Å². The smallest absolute Gasteiger partial charge is 0.326 e. The van der Waals surface area contributed by atoms with E-state index in [0.717, 1.165) is 18.0 Å². The zero-order valence-electron chi connectivity index (χ0n) is 10.4. The normalized spacial score (nSPS) is 17.9. The van der Waals surface area contributed by atoms with Crippen molar-refractivity contribution in [2.75, 3.05) is 13.1 Å². The Morgan fingerprint density at radius 2 is 1.95 bits per heavy atom. The van der Waals surface area contributed by atoms with Gasteiger partial charge in [-0.15, -0.1) is 11.3 Å². The lowest BCUT2D eigenvalue weighted by molar-refractivity contribution is -0.145. The Bertz CT molecular complexity index is 547. The minimum atomic E-state index is -0.756. The number of rotatable bonds is 4. The van der Waals surface area contributed by atoms with Crippen molar-refractivity contribution < 1.29 is 9.90 Å². The van der Waals surface area contributed by atoms with Crippen molar-refractivity contribution >= 4 is 17.3 Å². The molecule has 19 heavy (non-hydrogen) atoms. The van der Waals surface area contributed by atoms with Crippen molar-refractivity contribution in [2.45, 2.75) is 12.0 Å². The van der Waals surface area contributed by atoms with Gasteiger partial charge >= 0.3 is 5.97 Å². The first-order valence-corrected chi connectivity index (χ1v) is 7.19. The predicted molar refractivity (Wildman–Crippen MR) is 75.5 cm³/mol. The molecule has 1 N–H and O–H groups in total. The maximum absolute atomic E-state index is 11.4. The second kappa shape index (κ2) is 5.15. The van der Waals surface area contributed by atoms with Crippen molar-refractivity contribution in [3.05, 3.63) is 58.3 Å². The van der Waals surface area contributed by atoms with Gasteiger partial charge in [0.1, 0.15) is 6.04 Å². The molecule has 0 saturated carbocycles. The topological polar surface area (TPSA) is 40.5 Å². The third-order valence-electron chi connectivity index (χ3n) is 3.59. The highest BCUT2D eigenvalue weighted by Gasteiger charge is 2.37. The summed E-state index contributed by atoms with van der Waals surface area (Å²) in [6, 6.07) is 13.6. The van der Waals surface area contributed by atoms with Gasteiger partial charge in [0.15, 0.2) is 0 Å². The van der Waals surface area contributed by atoms with Crippen LogP contribution in [-0.2, 0) is 4.79 Å². The van der Waals surface area contributed by atoms with E-state index in [1.807, 2.05) is 40.6 Å². The molecule has 2 heterocycles. The van der Waals surface area contributed by atoms with Gasteiger partial charge < -0.3 is 5.11 Å². The number of thiophene rings is 1. The number of aliphatic carboxylic acids is 1. The molecule has 1 atom stereocenters. The molecule has 98 valence electrons. The van der Waals surface area contributed by atoms with Crippen molar-refractivity contribution in [1.29, 1.82) is 0 Å². The largest absolute Gasteiger partial charge is 0.480 e. The van der Waals surface area contributed by atoms with E-state index >= 15 is 0 Å². The van der Waals surface area contributed by atoms with Crippen LogP contribution in [0.1, 0.15) is 22.4 Å². The van der Waals surface area contributed by atoms with Crippen LogP contribution >= 0.6 is 11.3 Å². The zero-order valence-corrected chi connectivity index (χ0v) is 11.2. The van der Waals surface area contributed by atoms with E-state index in [1.165, 1.54) is 16.9 Å². The van der Waals surface area contributed by atoms with Crippen LogP contribution < -0.4 is 0 Å². The summed E-state index contributed by atoms with van der Waals surface area (Å²) in [5.41, 5.74) is 1.30. The Kier molecular flexibility index (Phi) is 3.36. The number of carboxylic acid groups (broad SMARTS) is 1. The van der Waals surface area contributed by atoms with Crippen LogP contribution in [0.4, 0.5) is 0 Å². The molecular formula is C15H15NO2S. The number of carboxylic acids is 1. The first-order chi connectivity index (χ1) is 9.25. The highest BCUT2D eigenvalue weighted by molar-refractivity contribution is 7.10. The summed E-state index contributed by atoms with van der Waals surface area (Å²) in [7, 11) is 0. The van der Waals surface area contributed by atoms with Crippen molar-refractivity contribution in [2.24, 2.45) is 0 Å². The van der Waals surface area contributed by atoms with E-state index < -0.39 is 12.0 Å². The molecule has 4 heteroatoms. The van der Waals surface area contributed by atoms with Crippen LogP contribution in [0.15, 0.2) is 47.8 Å². The Hall–Kier alpha value is -1.65. The molecule has 0 spiro atoms. The maximum atomic E-state index is 11.4. The number of hydrogen-bond acceptors (Lipinski definition) is 3. The molecule has 1 fully saturated rings. The number of benzene rings is 1. The van der Waals surface area contributed by atoms with Crippen molar-refractivity contribution in [3.8, 4) is 0 Å². The summed E-state index contributed by atoms with van der Waals surface area (Å²) in [5, 5.41) is 11.3. The van der Waals surface area contributed by atoms with Crippen LogP contribution in [0, 0.1) is 0 Å². The summed E-state index contributed by atoms with van der Waals surface area (Å²) in [6.45, 7) is 1.64. The molecular weight excluding hydrogens is 258 g/mol. The third kappa shape index (κ3) is 2.41. The number of likely N-dealkylation sites (tertiary alicyclic amines) is 1. The van der Waals surface area contributed by atoms with Gasteiger partial charge in [0, 0.05) is 23.9 Å². The average molecular weight is 273 g/mol. The lowest BCUT2D eigenvalue weighted by Crippen LogP contribution is -2.48. The highest BCUT2D eigenvalue weighted by Crippen LogP contribution is 2.35. The molecule has 0 bridgehead atoms. The van der Waals surface area contributed by atoms with Crippen LogP contribution in [0.25, 0.3) is 0 Å². The summed E-state index contributed by atoms with van der Waals surface area (Å²) in [4.78, 5) is 14.4. The zero-order chi connectivity index (χ0) is 13.2. The van der Waals surface area contributed by atoms with E-state index in [9.17, 15) is 9.90 Å². The van der Waals surface area contributed by atoms with Gasteiger partial charge in [-0.05, 0) is 17.0 Å². The Balaban J connectivity index is 1.70. The monoisotopic (exact) mass is 273 g/mol. The number of carbonyl (C=O) groups is 1. The van der Waals surface area contributed by atoms with Crippen molar-refractivity contribution in [1.82, 2.24) is 4.90 Å². The molecule has 0 amide bonds. The quantitative estimate of drug-likeness (QED) is 0.931. The average Bonchev–Trinajstić information content (AvgIpc) is 2.87. The van der Waals surface area contributed by atoms with Crippen molar-refractivity contribution in [3.63, 3.8) is 0 Å².